The van der Waals surface area contributed by atoms with E-state index in [1.807, 2.05) is 30.5 Å². The molecule has 0 radical (unpaired) electrons. The van der Waals surface area contributed by atoms with Crippen LogP contribution in [0.1, 0.15) is 11.1 Å². The maximum atomic E-state index is 11.2. The summed E-state index contributed by atoms with van der Waals surface area (Å²) < 4.78 is 1.96. The van der Waals surface area contributed by atoms with E-state index in [1.165, 1.54) is 5.56 Å². The summed E-state index contributed by atoms with van der Waals surface area (Å²) in [5.41, 5.74) is 4.26. The second-order valence-corrected chi connectivity index (χ2v) is 7.14. The van der Waals surface area contributed by atoms with Gasteiger partial charge in [0.25, 0.3) is 0 Å². The number of hydrogen-bond acceptors (Lipinski definition) is 7. The summed E-state index contributed by atoms with van der Waals surface area (Å²) >= 11 is 4.87. The van der Waals surface area contributed by atoms with Crippen LogP contribution < -0.4 is 11.3 Å². The molecule has 1 heterocycles. The molecule has 106 valence electrons. The van der Waals surface area contributed by atoms with Crippen molar-refractivity contribution >= 4 is 40.8 Å². The number of nitrogens with zero attached hydrogens (tertiary/aromatic N) is 2. The fourth-order valence-electron chi connectivity index (χ4n) is 1.47. The molecule has 3 N–H and O–H groups in total. The van der Waals surface area contributed by atoms with Gasteiger partial charge in [-0.15, -0.1) is 10.2 Å². The van der Waals surface area contributed by atoms with Crippen LogP contribution in [0, 0.1) is 0 Å². The van der Waals surface area contributed by atoms with Crippen LogP contribution >= 0.6 is 34.9 Å². The molecule has 8 heteroatoms. The van der Waals surface area contributed by atoms with Crippen molar-refractivity contribution in [1.82, 2.24) is 15.6 Å². The third kappa shape index (κ3) is 4.48. The Morgan fingerprint density at radius 3 is 2.50 bits per heavy atom. The normalized spacial score (nSPS) is 10.5. The topological polar surface area (TPSA) is 80.9 Å². The van der Waals surface area contributed by atoms with Crippen molar-refractivity contribution in [2.24, 2.45) is 5.84 Å². The number of hydrogen-bond donors (Lipinski definition) is 2. The zero-order chi connectivity index (χ0) is 14.4. The van der Waals surface area contributed by atoms with Gasteiger partial charge in [-0.3, -0.25) is 10.2 Å². The van der Waals surface area contributed by atoms with Crippen LogP contribution in [0.25, 0.3) is 0 Å². The summed E-state index contributed by atoms with van der Waals surface area (Å²) in [4.78, 5) is 11.2. The van der Waals surface area contributed by atoms with Gasteiger partial charge in [0.1, 0.15) is 0 Å². The Balaban J connectivity index is 1.88. The summed E-state index contributed by atoms with van der Waals surface area (Å²) in [6.07, 6.45) is 2.29. The first-order chi connectivity index (χ1) is 9.71. The van der Waals surface area contributed by atoms with Crippen LogP contribution in [0.2, 0.25) is 0 Å². The lowest BCUT2D eigenvalue weighted by atomic mass is 10.1. The fraction of sp³-hybridized carbons (Fsp3) is 0.250. The number of benzene rings is 1. The number of carbonyl (C=O) groups excluding carboxylic acids is 1. The van der Waals surface area contributed by atoms with Gasteiger partial charge in [-0.25, -0.2) is 5.84 Å². The van der Waals surface area contributed by atoms with Gasteiger partial charge in [0.15, 0.2) is 8.68 Å². The minimum atomic E-state index is -0.189. The van der Waals surface area contributed by atoms with Crippen LogP contribution in [-0.4, -0.2) is 22.4 Å². The molecule has 2 aromatic rings. The minimum Gasteiger partial charge on any atom is -0.294 e. The van der Waals surface area contributed by atoms with Crippen molar-refractivity contribution in [2.45, 2.75) is 20.9 Å². The molecule has 0 spiro atoms. The van der Waals surface area contributed by atoms with E-state index in [-0.39, 0.29) is 5.91 Å². The first-order valence-corrected chi connectivity index (χ1v) is 8.81. The number of hydrazine groups is 1. The standard InChI is InChI=1S/C12H14N4OS3/c1-18-11-15-16-12(20-11)19-7-9-4-2-8(3-5-9)6-10(17)14-13/h2-5H,6-7,13H2,1H3,(H,14,17). The molecule has 5 nitrogen and oxygen atoms in total. The van der Waals surface area contributed by atoms with Crippen LogP contribution in [0.4, 0.5) is 0 Å². The van der Waals surface area contributed by atoms with E-state index in [9.17, 15) is 4.79 Å². The summed E-state index contributed by atoms with van der Waals surface area (Å²) in [6, 6.07) is 7.92. The van der Waals surface area contributed by atoms with Gasteiger partial charge < -0.3 is 0 Å². The van der Waals surface area contributed by atoms with Crippen molar-refractivity contribution in [2.75, 3.05) is 6.26 Å². The van der Waals surface area contributed by atoms with E-state index in [2.05, 4.69) is 15.6 Å². The minimum absolute atomic E-state index is 0.189. The van der Waals surface area contributed by atoms with E-state index in [4.69, 9.17) is 5.84 Å². The molecule has 0 atom stereocenters. The maximum absolute atomic E-state index is 11.2. The van der Waals surface area contributed by atoms with E-state index in [0.29, 0.717) is 6.42 Å². The van der Waals surface area contributed by atoms with E-state index in [0.717, 1.165) is 20.0 Å². The summed E-state index contributed by atoms with van der Waals surface area (Å²) in [5.74, 6) is 5.71. The summed E-state index contributed by atoms with van der Waals surface area (Å²) in [5, 5.41) is 8.17. The third-order valence-corrected chi connectivity index (χ3v) is 5.58. The van der Waals surface area contributed by atoms with E-state index >= 15 is 0 Å². The number of carbonyl (C=O) groups is 1. The second-order valence-electron chi connectivity index (χ2n) is 3.89. The molecule has 0 saturated carbocycles. The molecule has 0 fully saturated rings. The molecule has 0 aliphatic rings. The first-order valence-electron chi connectivity index (χ1n) is 5.79. The average molecular weight is 326 g/mol. The Morgan fingerprint density at radius 1 is 1.25 bits per heavy atom. The highest BCUT2D eigenvalue weighted by atomic mass is 32.2. The molecule has 1 aromatic heterocycles. The maximum Gasteiger partial charge on any atom is 0.238 e. The molecule has 0 aliphatic heterocycles. The molecule has 20 heavy (non-hydrogen) atoms. The first kappa shape index (κ1) is 15.3. The zero-order valence-corrected chi connectivity index (χ0v) is 13.3. The molecule has 1 amide bonds. The lowest BCUT2D eigenvalue weighted by Gasteiger charge is -2.02. The Labute approximate surface area is 129 Å². The van der Waals surface area contributed by atoms with Crippen molar-refractivity contribution < 1.29 is 4.79 Å². The Hall–Kier alpha value is -1.09. The molecule has 0 saturated heterocycles. The largest absolute Gasteiger partial charge is 0.294 e. The molecular formula is C12H14N4OS3. The Morgan fingerprint density at radius 2 is 1.90 bits per heavy atom. The van der Waals surface area contributed by atoms with Gasteiger partial charge in [-0.05, 0) is 17.4 Å². The smallest absolute Gasteiger partial charge is 0.238 e. The SMILES string of the molecule is CSc1nnc(SCc2ccc(CC(=O)NN)cc2)s1. The van der Waals surface area contributed by atoms with Gasteiger partial charge in [-0.2, -0.15) is 0 Å². The van der Waals surface area contributed by atoms with Gasteiger partial charge in [-0.1, -0.05) is 59.1 Å². The van der Waals surface area contributed by atoms with E-state index < -0.39 is 0 Å². The molecule has 0 bridgehead atoms. The van der Waals surface area contributed by atoms with Crippen molar-refractivity contribution in [3.8, 4) is 0 Å². The second kappa shape index (κ2) is 7.63. The van der Waals surface area contributed by atoms with Crippen molar-refractivity contribution in [3.05, 3.63) is 35.4 Å². The molecular weight excluding hydrogens is 312 g/mol. The fourth-order valence-corrected chi connectivity index (χ4v) is 3.87. The predicted octanol–water partition coefficient (Wildman–Crippen LogP) is 2.08. The van der Waals surface area contributed by atoms with Crippen LogP contribution in [-0.2, 0) is 17.0 Å². The number of nitrogens with two attached hydrogens (primary N) is 1. The van der Waals surface area contributed by atoms with Crippen LogP contribution in [0.3, 0.4) is 0 Å². The van der Waals surface area contributed by atoms with Crippen molar-refractivity contribution in [3.63, 3.8) is 0 Å². The molecule has 2 rings (SSSR count). The zero-order valence-electron chi connectivity index (χ0n) is 10.8. The van der Waals surface area contributed by atoms with Gasteiger partial charge in [0.2, 0.25) is 5.91 Å². The quantitative estimate of drug-likeness (QED) is 0.366. The van der Waals surface area contributed by atoms with Crippen molar-refractivity contribution in [1.29, 1.82) is 0 Å². The highest BCUT2D eigenvalue weighted by Crippen LogP contribution is 2.29. The predicted molar refractivity (Wildman–Crippen MR) is 83.7 cm³/mol. The van der Waals surface area contributed by atoms with Gasteiger partial charge in [0.05, 0.1) is 6.42 Å². The lowest BCUT2D eigenvalue weighted by molar-refractivity contribution is -0.120. The summed E-state index contributed by atoms with van der Waals surface area (Å²) in [6.45, 7) is 0. The summed E-state index contributed by atoms with van der Waals surface area (Å²) in [7, 11) is 0. The Bertz CT molecular complexity index is 570. The number of amides is 1. The number of rotatable bonds is 6. The Kier molecular flexibility index (Phi) is 5.84. The molecule has 1 aromatic carbocycles. The number of thioether (sulfide) groups is 2. The van der Waals surface area contributed by atoms with E-state index in [1.54, 1.807) is 34.9 Å². The lowest BCUT2D eigenvalue weighted by Crippen LogP contribution is -2.31. The third-order valence-electron chi connectivity index (χ3n) is 2.47. The van der Waals surface area contributed by atoms with Gasteiger partial charge >= 0.3 is 0 Å². The number of nitrogens with one attached hydrogen (secondary N) is 1. The van der Waals surface area contributed by atoms with Crippen LogP contribution in [0.5, 0.6) is 0 Å². The highest BCUT2D eigenvalue weighted by Gasteiger charge is 2.05. The monoisotopic (exact) mass is 326 g/mol. The highest BCUT2D eigenvalue weighted by molar-refractivity contribution is 8.02. The number of aromatic nitrogens is 2. The van der Waals surface area contributed by atoms with Gasteiger partial charge in [0, 0.05) is 5.75 Å². The molecule has 0 aliphatic carbocycles. The molecule has 0 unspecified atom stereocenters. The van der Waals surface area contributed by atoms with Crippen LogP contribution in [0.15, 0.2) is 32.9 Å². The average Bonchev–Trinajstić information content (AvgIpc) is 2.94.